The number of nitrogens with one attached hydrogen (secondary N) is 3. The fourth-order valence-corrected chi connectivity index (χ4v) is 5.56. The molecule has 0 spiro atoms. The maximum Gasteiger partial charge on any atom is 0.405 e. The maximum absolute atomic E-state index is 13.0. The molecule has 0 saturated heterocycles. The molecule has 0 bridgehead atoms. The third kappa shape index (κ3) is 6.23. The van der Waals surface area contributed by atoms with Gasteiger partial charge >= 0.3 is 6.18 Å². The minimum Gasteiger partial charge on any atom is -0.345 e. The van der Waals surface area contributed by atoms with Gasteiger partial charge in [0.1, 0.15) is 16.4 Å². The normalized spacial score (nSPS) is 21.1. The summed E-state index contributed by atoms with van der Waals surface area (Å²) >= 11 is 31.0. The molecule has 2 aromatic carbocycles. The molecule has 3 N–H and O–H groups in total. The van der Waals surface area contributed by atoms with Crippen LogP contribution in [0.2, 0.25) is 15.1 Å². The van der Waals surface area contributed by atoms with Crippen molar-refractivity contribution in [2.45, 2.75) is 34.8 Å². The molecule has 2 saturated carbocycles. The fourth-order valence-electron chi connectivity index (χ4n) is 3.99. The predicted molar refractivity (Wildman–Crippen MR) is 136 cm³/mol. The first-order valence-corrected chi connectivity index (χ1v) is 12.6. The number of alkyl halides is 5. The largest absolute Gasteiger partial charge is 0.405 e. The van der Waals surface area contributed by atoms with Crippen molar-refractivity contribution in [2.24, 2.45) is 5.92 Å². The van der Waals surface area contributed by atoms with Crippen molar-refractivity contribution >= 4 is 81.4 Å². The van der Waals surface area contributed by atoms with Crippen LogP contribution in [0.25, 0.3) is 0 Å². The van der Waals surface area contributed by atoms with Crippen LogP contribution in [-0.2, 0) is 9.59 Å². The van der Waals surface area contributed by atoms with Crippen LogP contribution in [0.5, 0.6) is 0 Å². The molecule has 14 heteroatoms. The standard InChI is InChI=1S/C23H17Cl5F3N3O3/c24-11-5-10(6-12(25)7-11)16-17(23(16,27)28)19(36)33-13-1-2-15(26)14(8-13)18(35)34-21(3-4-21)20(37)32-9-22(29,30)31/h1-2,5-8,16-17H,3-4,9H2,(H,32,37)(H,33,36)(H,34,35). The van der Waals surface area contributed by atoms with Crippen LogP contribution in [0.4, 0.5) is 18.9 Å². The molecule has 2 aliphatic carbocycles. The molecule has 2 aliphatic rings. The molecule has 0 heterocycles. The highest BCUT2D eigenvalue weighted by Gasteiger charge is 2.67. The topological polar surface area (TPSA) is 87.3 Å². The highest BCUT2D eigenvalue weighted by molar-refractivity contribution is 6.53. The Bertz CT molecular complexity index is 1260. The van der Waals surface area contributed by atoms with Crippen molar-refractivity contribution in [3.05, 3.63) is 62.6 Å². The molecule has 0 aliphatic heterocycles. The van der Waals surface area contributed by atoms with Crippen LogP contribution >= 0.6 is 58.0 Å². The maximum atomic E-state index is 13.0. The van der Waals surface area contributed by atoms with Gasteiger partial charge in [0.05, 0.1) is 16.5 Å². The SMILES string of the molecule is O=C(NC1(C(=O)NCC(F)(F)F)CC1)c1cc(NC(=O)C2C(c3cc(Cl)cc(Cl)c3)C2(Cl)Cl)ccc1Cl. The zero-order valence-corrected chi connectivity index (χ0v) is 22.3. The van der Waals surface area contributed by atoms with E-state index in [9.17, 15) is 27.6 Å². The minimum absolute atomic E-state index is 0.00361. The Kier molecular flexibility index (Phi) is 7.60. The van der Waals surface area contributed by atoms with Crippen molar-refractivity contribution in [3.63, 3.8) is 0 Å². The van der Waals surface area contributed by atoms with Crippen molar-refractivity contribution in [3.8, 4) is 0 Å². The van der Waals surface area contributed by atoms with Crippen molar-refractivity contribution in [2.75, 3.05) is 11.9 Å². The van der Waals surface area contributed by atoms with Gasteiger partial charge in [-0.3, -0.25) is 14.4 Å². The number of anilines is 1. The lowest BCUT2D eigenvalue weighted by molar-refractivity contribution is -0.140. The van der Waals surface area contributed by atoms with E-state index in [1.165, 1.54) is 24.3 Å². The van der Waals surface area contributed by atoms with Crippen molar-refractivity contribution in [1.29, 1.82) is 0 Å². The zero-order valence-electron chi connectivity index (χ0n) is 18.5. The minimum atomic E-state index is -4.59. The van der Waals surface area contributed by atoms with Crippen LogP contribution in [0.1, 0.15) is 34.7 Å². The molecule has 2 atom stereocenters. The Morgan fingerprint density at radius 3 is 2.16 bits per heavy atom. The van der Waals surface area contributed by atoms with Crippen LogP contribution < -0.4 is 16.0 Å². The Balaban J connectivity index is 1.45. The lowest BCUT2D eigenvalue weighted by Gasteiger charge is -2.18. The van der Waals surface area contributed by atoms with Gasteiger partial charge in [0.15, 0.2) is 0 Å². The number of carbonyl (C=O) groups excluding carboxylic acids is 3. The molecule has 3 amide bonds. The first-order chi connectivity index (χ1) is 17.1. The summed E-state index contributed by atoms with van der Waals surface area (Å²) in [6.07, 6.45) is -4.25. The van der Waals surface area contributed by atoms with E-state index in [-0.39, 0.29) is 29.1 Å². The van der Waals surface area contributed by atoms with E-state index in [0.717, 1.165) is 0 Å². The summed E-state index contributed by atoms with van der Waals surface area (Å²) in [6.45, 7) is -1.52. The van der Waals surface area contributed by atoms with E-state index < -0.39 is 52.2 Å². The second kappa shape index (κ2) is 10.0. The summed E-state index contributed by atoms with van der Waals surface area (Å²) in [5.41, 5.74) is -0.783. The Hall–Kier alpha value is -1.91. The molecule has 37 heavy (non-hydrogen) atoms. The van der Waals surface area contributed by atoms with Gasteiger partial charge in [0.2, 0.25) is 11.8 Å². The molecule has 4 rings (SSSR count). The summed E-state index contributed by atoms with van der Waals surface area (Å²) in [6, 6.07) is 8.81. The van der Waals surface area contributed by atoms with Gasteiger partial charge < -0.3 is 16.0 Å². The number of hydrogen-bond donors (Lipinski definition) is 3. The average molecular weight is 618 g/mol. The van der Waals surface area contributed by atoms with Crippen LogP contribution in [-0.4, -0.2) is 40.3 Å². The van der Waals surface area contributed by atoms with Gasteiger partial charge in [-0.25, -0.2) is 0 Å². The number of rotatable bonds is 7. The summed E-state index contributed by atoms with van der Waals surface area (Å²) in [5.74, 6) is -3.72. The Morgan fingerprint density at radius 1 is 0.973 bits per heavy atom. The number of benzene rings is 2. The van der Waals surface area contributed by atoms with Gasteiger partial charge in [-0.2, -0.15) is 13.2 Å². The van der Waals surface area contributed by atoms with Gasteiger partial charge in [0, 0.05) is 21.7 Å². The number of carbonyl (C=O) groups is 3. The third-order valence-electron chi connectivity index (χ3n) is 6.05. The summed E-state index contributed by atoms with van der Waals surface area (Å²) in [7, 11) is 0. The molecular weight excluding hydrogens is 601 g/mol. The molecule has 2 unspecified atom stereocenters. The smallest absolute Gasteiger partial charge is 0.345 e. The first kappa shape index (κ1) is 28.1. The number of amides is 3. The van der Waals surface area contributed by atoms with E-state index in [1.807, 2.05) is 0 Å². The highest BCUT2D eigenvalue weighted by Crippen LogP contribution is 2.65. The van der Waals surface area contributed by atoms with Gasteiger partial charge in [0.25, 0.3) is 5.91 Å². The Labute approximate surface area is 234 Å². The second-order valence-corrected chi connectivity index (χ2v) is 11.6. The quantitative estimate of drug-likeness (QED) is 0.328. The monoisotopic (exact) mass is 615 g/mol. The van der Waals surface area contributed by atoms with Gasteiger partial charge in [-0.1, -0.05) is 34.8 Å². The summed E-state index contributed by atoms with van der Waals surface area (Å²) in [4.78, 5) is 38.0. The molecule has 0 aromatic heterocycles. The lowest BCUT2D eigenvalue weighted by atomic mass is 10.1. The van der Waals surface area contributed by atoms with Crippen LogP contribution in [0.15, 0.2) is 36.4 Å². The summed E-state index contributed by atoms with van der Waals surface area (Å²) < 4.78 is 35.9. The highest BCUT2D eigenvalue weighted by atomic mass is 35.5. The number of halogens is 8. The molecule has 0 radical (unpaired) electrons. The zero-order chi connectivity index (χ0) is 27.3. The van der Waals surface area contributed by atoms with Crippen molar-refractivity contribution in [1.82, 2.24) is 10.6 Å². The third-order valence-corrected chi connectivity index (χ3v) is 7.75. The Morgan fingerprint density at radius 2 is 1.59 bits per heavy atom. The molecule has 2 fully saturated rings. The van der Waals surface area contributed by atoms with E-state index in [0.29, 0.717) is 15.6 Å². The summed E-state index contributed by atoms with van der Waals surface area (Å²) in [5, 5.41) is 7.56. The molecule has 6 nitrogen and oxygen atoms in total. The average Bonchev–Trinajstić information content (AvgIpc) is 3.67. The predicted octanol–water partition coefficient (Wildman–Crippen LogP) is 6.11. The van der Waals surface area contributed by atoms with Crippen LogP contribution in [0.3, 0.4) is 0 Å². The van der Waals surface area contributed by atoms with E-state index in [1.54, 1.807) is 17.4 Å². The fraction of sp³-hybridized carbons (Fsp3) is 0.348. The van der Waals surface area contributed by atoms with Gasteiger partial charge in [-0.15, -0.1) is 23.2 Å². The molecule has 2 aromatic rings. The lowest BCUT2D eigenvalue weighted by Crippen LogP contribution is -2.50. The van der Waals surface area contributed by atoms with Crippen LogP contribution in [0, 0.1) is 5.92 Å². The van der Waals surface area contributed by atoms with E-state index in [2.05, 4.69) is 10.6 Å². The van der Waals surface area contributed by atoms with E-state index in [4.69, 9.17) is 58.0 Å². The number of hydrogen-bond acceptors (Lipinski definition) is 3. The molecule has 198 valence electrons. The second-order valence-electron chi connectivity index (χ2n) is 8.85. The molecular formula is C23H17Cl5F3N3O3. The van der Waals surface area contributed by atoms with Gasteiger partial charge in [-0.05, 0) is 54.8 Å². The van der Waals surface area contributed by atoms with Crippen molar-refractivity contribution < 1.29 is 27.6 Å². The first-order valence-electron chi connectivity index (χ1n) is 10.7. The van der Waals surface area contributed by atoms with E-state index >= 15 is 0 Å².